The normalized spacial score (nSPS) is 15.1. The smallest absolute Gasteiger partial charge is 0.282 e. The Morgan fingerprint density at radius 1 is 1.47 bits per heavy atom. The van der Waals surface area contributed by atoms with Crippen molar-refractivity contribution in [3.05, 3.63) is 29.3 Å². The second-order valence-corrected chi connectivity index (χ2v) is 5.02. The van der Waals surface area contributed by atoms with Gasteiger partial charge in [-0.25, -0.2) is 0 Å². The molecule has 1 saturated heterocycles. The Labute approximate surface area is 108 Å². The molecule has 1 N–H and O–H groups in total. The number of carbonyl (C=O) groups excluding carboxylic acids is 2. The molecule has 4 nitrogen and oxygen atoms in total. The Hall–Kier alpha value is -1.20. The minimum absolute atomic E-state index is 0.0423. The zero-order valence-electron chi connectivity index (χ0n) is 8.98. The van der Waals surface area contributed by atoms with Crippen molar-refractivity contribution >= 4 is 40.2 Å². The molecule has 0 bridgehead atoms. The molecular weight excluding hydrogens is 260 g/mol. The van der Waals surface area contributed by atoms with Crippen LogP contribution in [0.3, 0.4) is 0 Å². The number of rotatable bonds is 3. The van der Waals surface area contributed by atoms with Crippen molar-refractivity contribution in [2.24, 2.45) is 0 Å². The van der Waals surface area contributed by atoms with Crippen LogP contribution in [0.5, 0.6) is 0 Å². The first-order valence-corrected chi connectivity index (χ1v) is 6.49. The van der Waals surface area contributed by atoms with E-state index >= 15 is 0 Å². The van der Waals surface area contributed by atoms with Gasteiger partial charge >= 0.3 is 0 Å². The average Bonchev–Trinajstić information content (AvgIpc) is 2.68. The van der Waals surface area contributed by atoms with Gasteiger partial charge in [-0.05, 0) is 12.1 Å². The summed E-state index contributed by atoms with van der Waals surface area (Å²) in [6.45, 7) is 0.705. The van der Waals surface area contributed by atoms with E-state index in [2.05, 4.69) is 5.32 Å². The van der Waals surface area contributed by atoms with E-state index in [1.165, 1.54) is 16.7 Å². The third-order valence-corrected chi connectivity index (χ3v) is 3.55. The molecule has 0 saturated carbocycles. The lowest BCUT2D eigenvalue weighted by Crippen LogP contribution is -2.33. The minimum Gasteiger partial charge on any atom is -0.323 e. The fourth-order valence-corrected chi connectivity index (χ4v) is 2.50. The zero-order chi connectivity index (χ0) is 12.3. The van der Waals surface area contributed by atoms with Gasteiger partial charge in [0.2, 0.25) is 5.91 Å². The summed E-state index contributed by atoms with van der Waals surface area (Å²) < 4.78 is 0. The molecule has 0 atom stereocenters. The molecule has 17 heavy (non-hydrogen) atoms. The third-order valence-electron chi connectivity index (χ3n) is 2.33. The standard InChI is InChI=1S/C11H11ClN2O2S/c12-8-3-1-2-4-9(8)13-10(15)7-14-5-6-17-11(14)16/h1-4H,5-7H2,(H,13,15). The molecule has 90 valence electrons. The summed E-state index contributed by atoms with van der Waals surface area (Å²) in [6, 6.07) is 7.01. The average molecular weight is 271 g/mol. The van der Waals surface area contributed by atoms with Gasteiger partial charge in [0.05, 0.1) is 10.7 Å². The first-order valence-electron chi connectivity index (χ1n) is 5.13. The molecule has 2 amide bonds. The summed E-state index contributed by atoms with van der Waals surface area (Å²) in [4.78, 5) is 24.5. The van der Waals surface area contributed by atoms with Crippen LogP contribution in [-0.2, 0) is 4.79 Å². The molecule has 0 radical (unpaired) electrons. The van der Waals surface area contributed by atoms with Gasteiger partial charge in [0.1, 0.15) is 6.54 Å². The highest BCUT2D eigenvalue weighted by Crippen LogP contribution is 2.21. The predicted octanol–water partition coefficient (Wildman–Crippen LogP) is 2.45. The summed E-state index contributed by atoms with van der Waals surface area (Å²) in [5, 5.41) is 3.13. The summed E-state index contributed by atoms with van der Waals surface area (Å²) >= 11 is 7.15. The Bertz CT molecular complexity index is 453. The van der Waals surface area contributed by atoms with Crippen molar-refractivity contribution in [3.8, 4) is 0 Å². The largest absolute Gasteiger partial charge is 0.323 e. The summed E-state index contributed by atoms with van der Waals surface area (Å²) in [5.74, 6) is 0.520. The lowest BCUT2D eigenvalue weighted by molar-refractivity contribution is -0.116. The molecule has 1 aliphatic rings. The van der Waals surface area contributed by atoms with Crippen LogP contribution < -0.4 is 5.32 Å². The summed E-state index contributed by atoms with van der Waals surface area (Å²) in [7, 11) is 0. The van der Waals surface area contributed by atoms with Crippen molar-refractivity contribution in [3.63, 3.8) is 0 Å². The topological polar surface area (TPSA) is 49.4 Å². The number of carbonyl (C=O) groups is 2. The van der Waals surface area contributed by atoms with Crippen LogP contribution in [0.2, 0.25) is 5.02 Å². The van der Waals surface area contributed by atoms with Crippen LogP contribution in [0.4, 0.5) is 10.5 Å². The van der Waals surface area contributed by atoms with Crippen molar-refractivity contribution < 1.29 is 9.59 Å². The lowest BCUT2D eigenvalue weighted by atomic mass is 10.3. The number of para-hydroxylation sites is 1. The molecule has 0 unspecified atom stereocenters. The number of nitrogens with one attached hydrogen (secondary N) is 1. The second-order valence-electron chi connectivity index (χ2n) is 3.56. The summed E-state index contributed by atoms with van der Waals surface area (Å²) in [6.07, 6.45) is 0. The molecule has 1 aromatic rings. The highest BCUT2D eigenvalue weighted by Gasteiger charge is 2.23. The van der Waals surface area contributed by atoms with Gasteiger partial charge in [0.25, 0.3) is 5.24 Å². The van der Waals surface area contributed by atoms with Crippen molar-refractivity contribution in [2.45, 2.75) is 0 Å². The number of anilines is 1. The van der Waals surface area contributed by atoms with E-state index in [0.717, 1.165) is 5.75 Å². The van der Waals surface area contributed by atoms with E-state index in [0.29, 0.717) is 17.3 Å². The molecule has 6 heteroatoms. The number of amides is 2. The number of nitrogens with zero attached hydrogens (tertiary/aromatic N) is 1. The van der Waals surface area contributed by atoms with Crippen molar-refractivity contribution in [1.82, 2.24) is 4.90 Å². The number of hydrogen-bond donors (Lipinski definition) is 1. The maximum atomic E-state index is 11.7. The van der Waals surface area contributed by atoms with Crippen LogP contribution in [0.15, 0.2) is 24.3 Å². The molecule has 2 rings (SSSR count). The first-order chi connectivity index (χ1) is 8.16. The predicted molar refractivity (Wildman–Crippen MR) is 69.5 cm³/mol. The highest BCUT2D eigenvalue weighted by molar-refractivity contribution is 8.13. The Kier molecular flexibility index (Phi) is 3.91. The van der Waals surface area contributed by atoms with Crippen molar-refractivity contribution in [2.75, 3.05) is 24.2 Å². The zero-order valence-corrected chi connectivity index (χ0v) is 10.6. The highest BCUT2D eigenvalue weighted by atomic mass is 35.5. The Morgan fingerprint density at radius 2 is 2.24 bits per heavy atom. The molecule has 1 fully saturated rings. The van der Waals surface area contributed by atoms with Gasteiger partial charge in [0, 0.05) is 12.3 Å². The monoisotopic (exact) mass is 270 g/mol. The van der Waals surface area contributed by atoms with Gasteiger partial charge in [-0.3, -0.25) is 9.59 Å². The van der Waals surface area contributed by atoms with Crippen LogP contribution in [0.1, 0.15) is 0 Å². The van der Waals surface area contributed by atoms with Crippen LogP contribution >= 0.6 is 23.4 Å². The third kappa shape index (κ3) is 3.14. The van der Waals surface area contributed by atoms with E-state index < -0.39 is 0 Å². The maximum absolute atomic E-state index is 11.7. The molecule has 1 aromatic carbocycles. The van der Waals surface area contributed by atoms with Gasteiger partial charge in [-0.15, -0.1) is 0 Å². The van der Waals surface area contributed by atoms with E-state index in [1.54, 1.807) is 24.3 Å². The fraction of sp³-hybridized carbons (Fsp3) is 0.273. The molecular formula is C11H11ClN2O2S. The Balaban J connectivity index is 1.93. The molecule has 0 aliphatic carbocycles. The molecule has 0 spiro atoms. The van der Waals surface area contributed by atoms with Crippen LogP contribution in [-0.4, -0.2) is 34.9 Å². The lowest BCUT2D eigenvalue weighted by Gasteiger charge is -2.14. The molecule has 1 aliphatic heterocycles. The number of thioether (sulfide) groups is 1. The van der Waals surface area contributed by atoms with Gasteiger partial charge in [0.15, 0.2) is 0 Å². The minimum atomic E-state index is -0.228. The second kappa shape index (κ2) is 5.42. The van der Waals surface area contributed by atoms with Crippen LogP contribution in [0, 0.1) is 0 Å². The van der Waals surface area contributed by atoms with Crippen molar-refractivity contribution in [1.29, 1.82) is 0 Å². The Morgan fingerprint density at radius 3 is 2.88 bits per heavy atom. The maximum Gasteiger partial charge on any atom is 0.282 e. The van der Waals surface area contributed by atoms with Crippen LogP contribution in [0.25, 0.3) is 0 Å². The van der Waals surface area contributed by atoms with E-state index in [-0.39, 0.29) is 17.7 Å². The molecule has 0 aromatic heterocycles. The van der Waals surface area contributed by atoms with Gasteiger partial charge in [-0.2, -0.15) is 0 Å². The van der Waals surface area contributed by atoms with Gasteiger partial charge in [-0.1, -0.05) is 35.5 Å². The van der Waals surface area contributed by atoms with E-state index in [9.17, 15) is 9.59 Å². The van der Waals surface area contributed by atoms with E-state index in [4.69, 9.17) is 11.6 Å². The number of benzene rings is 1. The fourth-order valence-electron chi connectivity index (χ4n) is 1.49. The first kappa shape index (κ1) is 12.3. The van der Waals surface area contributed by atoms with Gasteiger partial charge < -0.3 is 10.2 Å². The number of hydrogen-bond acceptors (Lipinski definition) is 3. The quantitative estimate of drug-likeness (QED) is 0.918. The SMILES string of the molecule is O=C(CN1CCSC1=O)Nc1ccccc1Cl. The number of halogens is 1. The van der Waals surface area contributed by atoms with E-state index in [1.807, 2.05) is 0 Å². The molecule has 1 heterocycles. The summed E-state index contributed by atoms with van der Waals surface area (Å²) in [5.41, 5.74) is 0.568.